The van der Waals surface area contributed by atoms with E-state index in [-0.39, 0.29) is 17.9 Å². The topological polar surface area (TPSA) is 81.4 Å². The average Bonchev–Trinajstić information content (AvgIpc) is 2.84. The number of hydrogen-bond acceptors (Lipinski definition) is 5. The quantitative estimate of drug-likeness (QED) is 0.851. The van der Waals surface area contributed by atoms with E-state index >= 15 is 0 Å². The van der Waals surface area contributed by atoms with Gasteiger partial charge in [0.1, 0.15) is 4.88 Å². The first-order valence-corrected chi connectivity index (χ1v) is 7.43. The molecule has 0 aliphatic carbocycles. The fraction of sp³-hybridized carbons (Fsp3) is 0.333. The lowest BCUT2D eigenvalue weighted by molar-refractivity contribution is -0.119. The number of thiophene rings is 1. The van der Waals surface area contributed by atoms with Gasteiger partial charge in [-0.2, -0.15) is 0 Å². The molecule has 3 N–H and O–H groups in total. The van der Waals surface area contributed by atoms with Crippen molar-refractivity contribution in [1.29, 1.82) is 0 Å². The fourth-order valence-corrected chi connectivity index (χ4v) is 2.96. The van der Waals surface area contributed by atoms with Crippen molar-refractivity contribution in [3.63, 3.8) is 0 Å². The van der Waals surface area contributed by atoms with E-state index < -0.39 is 5.97 Å². The van der Waals surface area contributed by atoms with E-state index in [1.807, 2.05) is 24.3 Å². The molecule has 2 atom stereocenters. The largest absolute Gasteiger partial charge is 0.465 e. The number of amides is 1. The number of nitrogens with one attached hydrogen (secondary N) is 1. The Balaban J connectivity index is 2.45. The second-order valence-electron chi connectivity index (χ2n) is 4.93. The van der Waals surface area contributed by atoms with E-state index in [9.17, 15) is 9.59 Å². The van der Waals surface area contributed by atoms with E-state index in [1.165, 1.54) is 18.4 Å². The molecule has 1 aromatic carbocycles. The van der Waals surface area contributed by atoms with Crippen LogP contribution in [0.1, 0.15) is 23.5 Å². The number of ether oxygens (including phenoxy) is 1. The van der Waals surface area contributed by atoms with Crippen LogP contribution in [0.5, 0.6) is 0 Å². The van der Waals surface area contributed by atoms with Gasteiger partial charge >= 0.3 is 5.97 Å². The van der Waals surface area contributed by atoms with Crippen molar-refractivity contribution in [2.45, 2.75) is 19.9 Å². The lowest BCUT2D eigenvalue weighted by Crippen LogP contribution is -2.34. The van der Waals surface area contributed by atoms with Gasteiger partial charge in [-0.05, 0) is 13.0 Å². The first-order chi connectivity index (χ1) is 9.95. The molecule has 112 valence electrons. The highest BCUT2D eigenvalue weighted by Crippen LogP contribution is 2.36. The van der Waals surface area contributed by atoms with Crippen molar-refractivity contribution < 1.29 is 14.3 Å². The average molecular weight is 306 g/mol. The molecule has 1 aromatic heterocycles. The van der Waals surface area contributed by atoms with Crippen LogP contribution in [0.15, 0.2) is 24.3 Å². The van der Waals surface area contributed by atoms with E-state index in [2.05, 4.69) is 5.32 Å². The van der Waals surface area contributed by atoms with Crippen LogP contribution in [0.2, 0.25) is 0 Å². The highest BCUT2D eigenvalue weighted by molar-refractivity contribution is 7.21. The summed E-state index contributed by atoms with van der Waals surface area (Å²) < 4.78 is 5.71. The van der Waals surface area contributed by atoms with E-state index in [0.717, 1.165) is 10.1 Å². The molecule has 0 fully saturated rings. The summed E-state index contributed by atoms with van der Waals surface area (Å²) in [5.74, 6) is -1.02. The Morgan fingerprint density at radius 2 is 1.95 bits per heavy atom. The molecule has 0 radical (unpaired) electrons. The predicted molar refractivity (Wildman–Crippen MR) is 84.6 cm³/mol. The van der Waals surface area contributed by atoms with Crippen molar-refractivity contribution in [2.24, 2.45) is 11.7 Å². The van der Waals surface area contributed by atoms with Crippen LogP contribution in [0.25, 0.3) is 10.1 Å². The Labute approximate surface area is 127 Å². The van der Waals surface area contributed by atoms with Gasteiger partial charge in [-0.15, -0.1) is 11.3 Å². The third kappa shape index (κ3) is 3.06. The van der Waals surface area contributed by atoms with Gasteiger partial charge in [0.25, 0.3) is 0 Å². The maximum Gasteiger partial charge on any atom is 0.350 e. The summed E-state index contributed by atoms with van der Waals surface area (Å²) in [5.41, 5.74) is 6.25. The highest BCUT2D eigenvalue weighted by Gasteiger charge is 2.23. The molecular weight excluding hydrogens is 288 g/mol. The van der Waals surface area contributed by atoms with Gasteiger partial charge in [-0.1, -0.05) is 25.1 Å². The van der Waals surface area contributed by atoms with Crippen LogP contribution in [0, 0.1) is 5.92 Å². The van der Waals surface area contributed by atoms with Crippen LogP contribution < -0.4 is 11.1 Å². The second-order valence-corrected chi connectivity index (χ2v) is 5.98. The van der Waals surface area contributed by atoms with Gasteiger partial charge in [-0.25, -0.2) is 4.79 Å². The summed E-state index contributed by atoms with van der Waals surface area (Å²) in [5, 5.41) is 3.65. The molecule has 0 saturated carbocycles. The molecule has 2 rings (SSSR count). The Kier molecular flexibility index (Phi) is 4.59. The predicted octanol–water partition coefficient (Wildman–Crippen LogP) is 2.61. The fourth-order valence-electron chi connectivity index (χ4n) is 1.88. The Morgan fingerprint density at radius 1 is 1.29 bits per heavy atom. The minimum atomic E-state index is -0.458. The normalized spacial score (nSPS) is 13.7. The standard InChI is InChI=1S/C15H18N2O3S/c1-8(9(2)16)14(18)17-12-10-6-4-5-7-11(10)21-13(12)15(19)20-3/h4-9H,16H2,1-3H3,(H,17,18). The summed E-state index contributed by atoms with van der Waals surface area (Å²) in [6, 6.07) is 7.25. The number of rotatable bonds is 4. The van der Waals surface area contributed by atoms with Gasteiger partial charge in [0, 0.05) is 16.1 Å². The van der Waals surface area contributed by atoms with Gasteiger partial charge in [0.05, 0.1) is 18.7 Å². The van der Waals surface area contributed by atoms with Crippen molar-refractivity contribution in [3.05, 3.63) is 29.1 Å². The van der Waals surface area contributed by atoms with Crippen LogP contribution in [0.3, 0.4) is 0 Å². The first-order valence-electron chi connectivity index (χ1n) is 6.62. The van der Waals surface area contributed by atoms with Gasteiger partial charge in [-0.3, -0.25) is 4.79 Å². The first kappa shape index (κ1) is 15.5. The van der Waals surface area contributed by atoms with Crippen LogP contribution in [-0.4, -0.2) is 25.0 Å². The molecule has 6 heteroatoms. The number of nitrogens with two attached hydrogens (primary N) is 1. The number of carbonyl (C=O) groups is 2. The second kappa shape index (κ2) is 6.24. The number of methoxy groups -OCH3 is 1. The minimum absolute atomic E-state index is 0.210. The zero-order valence-corrected chi connectivity index (χ0v) is 13.0. The Bertz CT molecular complexity index is 679. The monoisotopic (exact) mass is 306 g/mol. The van der Waals surface area contributed by atoms with Crippen LogP contribution in [-0.2, 0) is 9.53 Å². The summed E-state index contributed by atoms with van der Waals surface area (Å²) >= 11 is 1.30. The lowest BCUT2D eigenvalue weighted by atomic mass is 10.0. The maximum atomic E-state index is 12.2. The molecule has 5 nitrogen and oxygen atoms in total. The van der Waals surface area contributed by atoms with Crippen molar-refractivity contribution in [3.8, 4) is 0 Å². The molecular formula is C15H18N2O3S. The lowest BCUT2D eigenvalue weighted by Gasteiger charge is -2.15. The Morgan fingerprint density at radius 3 is 2.57 bits per heavy atom. The molecule has 1 heterocycles. The number of fused-ring (bicyclic) bond motifs is 1. The molecule has 2 unspecified atom stereocenters. The zero-order valence-electron chi connectivity index (χ0n) is 12.2. The highest BCUT2D eigenvalue weighted by atomic mass is 32.1. The number of esters is 1. The van der Waals surface area contributed by atoms with Crippen molar-refractivity contribution >= 4 is 39.0 Å². The van der Waals surface area contributed by atoms with Crippen molar-refractivity contribution in [2.75, 3.05) is 12.4 Å². The smallest absolute Gasteiger partial charge is 0.350 e. The zero-order chi connectivity index (χ0) is 15.6. The summed E-state index contributed by atoms with van der Waals surface area (Å²) in [7, 11) is 1.32. The third-order valence-corrected chi connectivity index (χ3v) is 4.57. The van der Waals surface area contributed by atoms with Gasteiger partial charge in [0.2, 0.25) is 5.91 Å². The number of hydrogen-bond donors (Lipinski definition) is 2. The molecule has 0 aliphatic heterocycles. The van der Waals surface area contributed by atoms with E-state index in [0.29, 0.717) is 10.6 Å². The van der Waals surface area contributed by atoms with Crippen LogP contribution in [0.4, 0.5) is 5.69 Å². The molecule has 0 saturated heterocycles. The Hall–Kier alpha value is -1.92. The molecule has 2 aromatic rings. The van der Waals surface area contributed by atoms with Gasteiger partial charge in [0.15, 0.2) is 0 Å². The number of anilines is 1. The minimum Gasteiger partial charge on any atom is -0.465 e. The molecule has 21 heavy (non-hydrogen) atoms. The summed E-state index contributed by atoms with van der Waals surface area (Å²) in [6.45, 7) is 3.53. The molecule has 0 bridgehead atoms. The summed E-state index contributed by atoms with van der Waals surface area (Å²) in [6.07, 6.45) is 0. The van der Waals surface area contributed by atoms with Crippen molar-refractivity contribution in [1.82, 2.24) is 0 Å². The maximum absolute atomic E-state index is 12.2. The molecule has 1 amide bonds. The van der Waals surface area contributed by atoms with Crippen LogP contribution >= 0.6 is 11.3 Å². The van der Waals surface area contributed by atoms with E-state index in [1.54, 1.807) is 13.8 Å². The molecule has 0 aliphatic rings. The number of carbonyl (C=O) groups excluding carboxylic acids is 2. The number of benzene rings is 1. The SMILES string of the molecule is COC(=O)c1sc2ccccc2c1NC(=O)C(C)C(C)N. The van der Waals surface area contributed by atoms with Gasteiger partial charge < -0.3 is 15.8 Å². The molecule has 0 spiro atoms. The summed E-state index contributed by atoms with van der Waals surface area (Å²) in [4.78, 5) is 24.5. The third-order valence-electron chi connectivity index (χ3n) is 3.42. The van der Waals surface area contributed by atoms with E-state index in [4.69, 9.17) is 10.5 Å².